The number of carbonyl (C=O) groups excluding carboxylic acids is 1. The molecule has 2 aromatic rings. The summed E-state index contributed by atoms with van der Waals surface area (Å²) in [5, 5.41) is 12.8. The molecule has 1 aliphatic heterocycles. The summed E-state index contributed by atoms with van der Waals surface area (Å²) in [6.45, 7) is 7.52. The van der Waals surface area contributed by atoms with Crippen LogP contribution in [0.5, 0.6) is 0 Å². The van der Waals surface area contributed by atoms with E-state index in [9.17, 15) is 10.1 Å². The number of halogens is 1. The molecule has 0 aliphatic carbocycles. The largest absolute Gasteiger partial charge is 0.376 e. The molecular formula is C22H24ClN3O2. The van der Waals surface area contributed by atoms with Gasteiger partial charge in [0.25, 0.3) is 5.91 Å². The van der Waals surface area contributed by atoms with Crippen LogP contribution in [0, 0.1) is 32.1 Å². The second-order valence-corrected chi connectivity index (χ2v) is 7.59. The zero-order valence-corrected chi connectivity index (χ0v) is 17.1. The molecule has 1 aromatic carbocycles. The molecule has 0 radical (unpaired) electrons. The number of rotatable bonds is 5. The number of amides is 1. The number of ether oxygens (including phenoxy) is 1. The Kier molecular flexibility index (Phi) is 6.23. The zero-order chi connectivity index (χ0) is 20.3. The van der Waals surface area contributed by atoms with Gasteiger partial charge in [-0.2, -0.15) is 5.26 Å². The van der Waals surface area contributed by atoms with E-state index in [1.165, 1.54) is 0 Å². The highest BCUT2D eigenvalue weighted by Gasteiger charge is 2.19. The number of aryl methyl sites for hydroxylation is 2. The highest BCUT2D eigenvalue weighted by atomic mass is 35.5. The van der Waals surface area contributed by atoms with Crippen LogP contribution in [0.1, 0.15) is 35.4 Å². The van der Waals surface area contributed by atoms with Crippen molar-refractivity contribution in [2.45, 2.75) is 46.3 Å². The lowest BCUT2D eigenvalue weighted by Crippen LogP contribution is -2.17. The summed E-state index contributed by atoms with van der Waals surface area (Å²) >= 11 is 6.01. The predicted octanol–water partition coefficient (Wildman–Crippen LogP) is 4.79. The maximum Gasteiger partial charge on any atom is 0.266 e. The zero-order valence-electron chi connectivity index (χ0n) is 16.4. The fourth-order valence-corrected chi connectivity index (χ4v) is 3.64. The summed E-state index contributed by atoms with van der Waals surface area (Å²) in [5.41, 5.74) is 4.50. The average Bonchev–Trinajstić information content (AvgIpc) is 3.26. The summed E-state index contributed by atoms with van der Waals surface area (Å²) in [7, 11) is 0. The Morgan fingerprint density at radius 1 is 1.39 bits per heavy atom. The SMILES string of the molecule is Cc1ccc(Cl)cc1NC(=O)/C(C#N)=C/c1cc(C)n(C[C@@H]2CCCO2)c1C. The van der Waals surface area contributed by atoms with Gasteiger partial charge >= 0.3 is 0 Å². The average molecular weight is 398 g/mol. The van der Waals surface area contributed by atoms with Crippen LogP contribution in [0.25, 0.3) is 6.08 Å². The van der Waals surface area contributed by atoms with E-state index in [0.29, 0.717) is 10.7 Å². The first-order chi connectivity index (χ1) is 13.4. The molecule has 3 rings (SSSR count). The van der Waals surface area contributed by atoms with Crippen molar-refractivity contribution in [3.63, 3.8) is 0 Å². The highest BCUT2D eigenvalue weighted by molar-refractivity contribution is 6.31. The van der Waals surface area contributed by atoms with Gasteiger partial charge in [-0.15, -0.1) is 0 Å². The number of nitriles is 1. The van der Waals surface area contributed by atoms with Gasteiger partial charge < -0.3 is 14.6 Å². The number of nitrogens with zero attached hydrogens (tertiary/aromatic N) is 2. The van der Waals surface area contributed by atoms with Crippen LogP contribution in [-0.4, -0.2) is 23.2 Å². The van der Waals surface area contributed by atoms with Crippen LogP contribution in [0.3, 0.4) is 0 Å². The van der Waals surface area contributed by atoms with Crippen molar-refractivity contribution in [2.24, 2.45) is 0 Å². The molecule has 146 valence electrons. The number of nitrogens with one attached hydrogen (secondary N) is 1. The first-order valence-corrected chi connectivity index (χ1v) is 9.74. The van der Waals surface area contributed by atoms with E-state index in [4.69, 9.17) is 16.3 Å². The molecule has 1 fully saturated rings. The monoisotopic (exact) mass is 397 g/mol. The molecule has 2 heterocycles. The third kappa shape index (κ3) is 4.46. The van der Waals surface area contributed by atoms with E-state index in [1.807, 2.05) is 39.0 Å². The Morgan fingerprint density at radius 2 is 2.18 bits per heavy atom. The molecular weight excluding hydrogens is 374 g/mol. The maximum absolute atomic E-state index is 12.6. The van der Waals surface area contributed by atoms with E-state index >= 15 is 0 Å². The normalized spacial score (nSPS) is 16.8. The first kappa shape index (κ1) is 20.2. The summed E-state index contributed by atoms with van der Waals surface area (Å²) in [4.78, 5) is 12.6. The van der Waals surface area contributed by atoms with Gasteiger partial charge in [-0.05, 0) is 69.0 Å². The molecule has 5 nitrogen and oxygen atoms in total. The topological polar surface area (TPSA) is 67.0 Å². The minimum atomic E-state index is -0.447. The highest BCUT2D eigenvalue weighted by Crippen LogP contribution is 2.24. The fraction of sp³-hybridized carbons (Fsp3) is 0.364. The van der Waals surface area contributed by atoms with Gasteiger partial charge in [0.2, 0.25) is 0 Å². The Hall–Kier alpha value is -2.55. The minimum Gasteiger partial charge on any atom is -0.376 e. The van der Waals surface area contributed by atoms with Crippen LogP contribution in [0.15, 0.2) is 29.8 Å². The standard InChI is InChI=1S/C22H24ClN3O2/c1-14-6-7-19(23)11-21(14)25-22(27)18(12-24)10-17-9-15(2)26(16(17)3)13-20-5-4-8-28-20/h6-7,9-11,20H,4-5,8,13H2,1-3H3,(H,25,27)/b18-10+/t20-/m0/s1. The Labute approximate surface area is 170 Å². The van der Waals surface area contributed by atoms with E-state index in [0.717, 1.165) is 48.5 Å². The van der Waals surface area contributed by atoms with Crippen molar-refractivity contribution in [3.8, 4) is 6.07 Å². The van der Waals surface area contributed by atoms with Crippen LogP contribution in [0.4, 0.5) is 5.69 Å². The second kappa shape index (κ2) is 8.64. The van der Waals surface area contributed by atoms with Crippen molar-refractivity contribution in [1.29, 1.82) is 5.26 Å². The van der Waals surface area contributed by atoms with Gasteiger partial charge in [0.15, 0.2) is 0 Å². The van der Waals surface area contributed by atoms with E-state index in [2.05, 4.69) is 9.88 Å². The molecule has 0 spiro atoms. The Balaban J connectivity index is 1.83. The van der Waals surface area contributed by atoms with Crippen LogP contribution < -0.4 is 5.32 Å². The van der Waals surface area contributed by atoms with Crippen molar-refractivity contribution < 1.29 is 9.53 Å². The molecule has 0 unspecified atom stereocenters. The molecule has 0 saturated carbocycles. The number of hydrogen-bond donors (Lipinski definition) is 1. The lowest BCUT2D eigenvalue weighted by Gasteiger charge is -2.14. The van der Waals surface area contributed by atoms with E-state index in [1.54, 1.807) is 18.2 Å². The molecule has 28 heavy (non-hydrogen) atoms. The summed E-state index contributed by atoms with van der Waals surface area (Å²) in [5.74, 6) is -0.447. The quantitative estimate of drug-likeness (QED) is 0.582. The number of benzene rings is 1. The van der Waals surface area contributed by atoms with Crippen LogP contribution >= 0.6 is 11.6 Å². The molecule has 1 amide bonds. The van der Waals surface area contributed by atoms with Crippen molar-refractivity contribution in [1.82, 2.24) is 4.57 Å². The molecule has 6 heteroatoms. The van der Waals surface area contributed by atoms with E-state index in [-0.39, 0.29) is 11.7 Å². The van der Waals surface area contributed by atoms with Crippen LogP contribution in [0.2, 0.25) is 5.02 Å². The lowest BCUT2D eigenvalue weighted by molar-refractivity contribution is -0.112. The summed E-state index contributed by atoms with van der Waals surface area (Å²) in [6, 6.07) is 9.28. The first-order valence-electron chi connectivity index (χ1n) is 9.36. The molecule has 1 N–H and O–H groups in total. The third-order valence-corrected chi connectivity index (χ3v) is 5.37. The van der Waals surface area contributed by atoms with Gasteiger partial charge in [-0.3, -0.25) is 4.79 Å². The number of aromatic nitrogens is 1. The summed E-state index contributed by atoms with van der Waals surface area (Å²) < 4.78 is 7.93. The van der Waals surface area contributed by atoms with Gasteiger partial charge in [0.05, 0.1) is 6.10 Å². The molecule has 0 bridgehead atoms. The Morgan fingerprint density at radius 3 is 2.86 bits per heavy atom. The van der Waals surface area contributed by atoms with E-state index < -0.39 is 5.91 Å². The molecule has 1 aromatic heterocycles. The minimum absolute atomic E-state index is 0.0525. The van der Waals surface area contributed by atoms with Gasteiger partial charge in [-0.25, -0.2) is 0 Å². The lowest BCUT2D eigenvalue weighted by atomic mass is 10.1. The number of carbonyl (C=O) groups is 1. The summed E-state index contributed by atoms with van der Waals surface area (Å²) in [6.07, 6.45) is 4.03. The van der Waals surface area contributed by atoms with Gasteiger partial charge in [0, 0.05) is 35.2 Å². The van der Waals surface area contributed by atoms with Crippen LogP contribution in [-0.2, 0) is 16.1 Å². The third-order valence-electron chi connectivity index (χ3n) is 5.14. The second-order valence-electron chi connectivity index (χ2n) is 7.16. The van der Waals surface area contributed by atoms with Crippen molar-refractivity contribution in [3.05, 3.63) is 57.4 Å². The fourth-order valence-electron chi connectivity index (χ4n) is 3.47. The number of hydrogen-bond acceptors (Lipinski definition) is 3. The van der Waals surface area contributed by atoms with Gasteiger partial charge in [0.1, 0.15) is 11.6 Å². The Bertz CT molecular complexity index is 963. The molecule has 1 atom stereocenters. The number of anilines is 1. The predicted molar refractivity (Wildman–Crippen MR) is 111 cm³/mol. The van der Waals surface area contributed by atoms with Crippen molar-refractivity contribution >= 4 is 29.3 Å². The smallest absolute Gasteiger partial charge is 0.266 e. The van der Waals surface area contributed by atoms with Gasteiger partial charge in [-0.1, -0.05) is 17.7 Å². The molecule has 1 saturated heterocycles. The molecule has 1 aliphatic rings. The van der Waals surface area contributed by atoms with Crippen molar-refractivity contribution in [2.75, 3.05) is 11.9 Å². The maximum atomic E-state index is 12.6.